The molecule has 0 spiro atoms. The predicted molar refractivity (Wildman–Crippen MR) is 81.5 cm³/mol. The molecule has 1 aromatic rings. The number of rotatable bonds is 7. The summed E-state index contributed by atoms with van der Waals surface area (Å²) < 4.78 is 10.4. The Balaban J connectivity index is 2.52. The second-order valence-electron chi connectivity index (χ2n) is 5.88. The summed E-state index contributed by atoms with van der Waals surface area (Å²) in [5, 5.41) is 0. The number of ether oxygens (including phenoxy) is 2. The average Bonchev–Trinajstić information content (AvgIpc) is 2.42. The third-order valence-corrected chi connectivity index (χ3v) is 3.00. The van der Waals surface area contributed by atoms with Crippen LogP contribution in [-0.2, 0) is 19.7 Å². The number of benzene rings is 1. The van der Waals surface area contributed by atoms with E-state index in [2.05, 4.69) is 20.8 Å². The van der Waals surface area contributed by atoms with E-state index in [1.165, 1.54) is 0 Å². The molecular weight excluding hydrogens is 268 g/mol. The number of carbonyl (C=O) groups is 2. The Morgan fingerprint density at radius 3 is 2.38 bits per heavy atom. The van der Waals surface area contributed by atoms with Crippen molar-refractivity contribution >= 4 is 11.8 Å². The Hall–Kier alpha value is -1.84. The molecule has 0 aliphatic heterocycles. The second-order valence-corrected chi connectivity index (χ2v) is 5.88. The molecule has 0 atom stereocenters. The minimum atomic E-state index is -0.346. The molecule has 0 N–H and O–H groups in total. The largest absolute Gasteiger partial charge is 0.486 e. The molecular formula is C17H24O4. The summed E-state index contributed by atoms with van der Waals surface area (Å²) in [6, 6.07) is 7.70. The van der Waals surface area contributed by atoms with Gasteiger partial charge in [0.25, 0.3) is 0 Å². The molecule has 0 aliphatic rings. The zero-order valence-corrected chi connectivity index (χ0v) is 13.3. The third kappa shape index (κ3) is 5.98. The van der Waals surface area contributed by atoms with Crippen LogP contribution in [0.25, 0.3) is 0 Å². The molecule has 0 saturated heterocycles. The molecule has 0 bridgehead atoms. The van der Waals surface area contributed by atoms with Gasteiger partial charge in [-0.25, -0.2) is 0 Å². The van der Waals surface area contributed by atoms with E-state index in [9.17, 15) is 9.59 Å². The molecule has 1 rings (SSSR count). The van der Waals surface area contributed by atoms with Gasteiger partial charge in [0, 0.05) is 6.42 Å². The van der Waals surface area contributed by atoms with Crippen molar-refractivity contribution in [3.05, 3.63) is 29.8 Å². The van der Waals surface area contributed by atoms with E-state index < -0.39 is 0 Å². The summed E-state index contributed by atoms with van der Waals surface area (Å²) in [4.78, 5) is 22.9. The monoisotopic (exact) mass is 292 g/mol. The highest BCUT2D eigenvalue weighted by molar-refractivity contribution is 5.84. The van der Waals surface area contributed by atoms with Gasteiger partial charge in [0.05, 0.1) is 13.0 Å². The van der Waals surface area contributed by atoms with Crippen molar-refractivity contribution in [1.82, 2.24) is 0 Å². The lowest BCUT2D eigenvalue weighted by Crippen LogP contribution is -2.17. The van der Waals surface area contributed by atoms with Crippen LogP contribution in [0.4, 0.5) is 0 Å². The van der Waals surface area contributed by atoms with E-state index in [1.54, 1.807) is 6.92 Å². The summed E-state index contributed by atoms with van der Waals surface area (Å²) in [6.07, 6.45) is 0.257. The van der Waals surface area contributed by atoms with Crippen LogP contribution in [0.3, 0.4) is 0 Å². The molecule has 0 aliphatic carbocycles. The highest BCUT2D eigenvalue weighted by Gasteiger charge is 2.19. The van der Waals surface area contributed by atoms with Crippen molar-refractivity contribution in [1.29, 1.82) is 0 Å². The Kier molecular flexibility index (Phi) is 6.40. The molecule has 4 nitrogen and oxygen atoms in total. The highest BCUT2D eigenvalue weighted by Crippen LogP contribution is 2.30. The predicted octanol–water partition coefficient (Wildman–Crippen LogP) is 3.28. The Morgan fingerprint density at radius 2 is 1.76 bits per heavy atom. The molecule has 0 amide bonds. The van der Waals surface area contributed by atoms with E-state index in [4.69, 9.17) is 9.47 Å². The van der Waals surface area contributed by atoms with Crippen molar-refractivity contribution in [2.75, 3.05) is 13.2 Å². The van der Waals surface area contributed by atoms with Gasteiger partial charge in [-0.15, -0.1) is 0 Å². The second kappa shape index (κ2) is 7.81. The van der Waals surface area contributed by atoms with Crippen LogP contribution in [0.5, 0.6) is 5.75 Å². The number of ketones is 1. The van der Waals surface area contributed by atoms with Crippen molar-refractivity contribution < 1.29 is 19.1 Å². The van der Waals surface area contributed by atoms with E-state index in [1.807, 2.05) is 24.3 Å². The fourth-order valence-electron chi connectivity index (χ4n) is 1.92. The van der Waals surface area contributed by atoms with Crippen LogP contribution in [0.1, 0.15) is 46.1 Å². The van der Waals surface area contributed by atoms with E-state index in [0.29, 0.717) is 6.61 Å². The van der Waals surface area contributed by atoms with Crippen LogP contribution in [0, 0.1) is 0 Å². The normalized spacial score (nSPS) is 11.0. The number of Topliss-reactive ketones (excluding diaryl/α,β-unsaturated/α-hetero) is 1. The van der Waals surface area contributed by atoms with Gasteiger partial charge in [0.15, 0.2) is 5.78 Å². The SMILES string of the molecule is CCOC(=O)CCC(=O)COc1ccccc1C(C)(C)C. The van der Waals surface area contributed by atoms with E-state index in [0.717, 1.165) is 11.3 Å². The molecule has 0 saturated carbocycles. The van der Waals surface area contributed by atoms with Gasteiger partial charge in [-0.3, -0.25) is 9.59 Å². The Labute approximate surface area is 126 Å². The summed E-state index contributed by atoms with van der Waals surface area (Å²) >= 11 is 0. The number of esters is 1. The lowest BCUT2D eigenvalue weighted by molar-refractivity contribution is -0.144. The fourth-order valence-corrected chi connectivity index (χ4v) is 1.92. The van der Waals surface area contributed by atoms with Crippen LogP contribution < -0.4 is 4.74 Å². The van der Waals surface area contributed by atoms with Gasteiger partial charge >= 0.3 is 5.97 Å². The van der Waals surface area contributed by atoms with E-state index >= 15 is 0 Å². The van der Waals surface area contributed by atoms with Crippen LogP contribution >= 0.6 is 0 Å². The number of hydrogen-bond acceptors (Lipinski definition) is 4. The molecule has 0 radical (unpaired) electrons. The molecule has 0 fully saturated rings. The Bertz CT molecular complexity index is 486. The summed E-state index contributed by atoms with van der Waals surface area (Å²) in [7, 11) is 0. The highest BCUT2D eigenvalue weighted by atomic mass is 16.5. The first-order chi connectivity index (χ1) is 9.84. The van der Waals surface area contributed by atoms with Gasteiger partial charge in [-0.05, 0) is 24.0 Å². The summed E-state index contributed by atoms with van der Waals surface area (Å²) in [5.41, 5.74) is 1.01. The minimum Gasteiger partial charge on any atom is -0.486 e. The van der Waals surface area contributed by atoms with E-state index in [-0.39, 0.29) is 36.6 Å². The zero-order chi connectivity index (χ0) is 15.9. The molecule has 116 valence electrons. The van der Waals surface area contributed by atoms with Crippen LogP contribution in [0.2, 0.25) is 0 Å². The van der Waals surface area contributed by atoms with Crippen molar-refractivity contribution in [3.8, 4) is 5.75 Å². The van der Waals surface area contributed by atoms with Crippen molar-refractivity contribution in [2.24, 2.45) is 0 Å². The number of para-hydroxylation sites is 1. The molecule has 0 aromatic heterocycles. The first-order valence-corrected chi connectivity index (χ1v) is 7.24. The maximum atomic E-state index is 11.8. The third-order valence-electron chi connectivity index (χ3n) is 3.00. The lowest BCUT2D eigenvalue weighted by atomic mass is 9.86. The van der Waals surface area contributed by atoms with Crippen LogP contribution in [0.15, 0.2) is 24.3 Å². The van der Waals surface area contributed by atoms with Gasteiger partial charge in [0.2, 0.25) is 0 Å². The van der Waals surface area contributed by atoms with Crippen LogP contribution in [-0.4, -0.2) is 25.0 Å². The smallest absolute Gasteiger partial charge is 0.306 e. The standard InChI is InChI=1S/C17H24O4/c1-5-20-16(19)11-10-13(18)12-21-15-9-7-6-8-14(15)17(2,3)4/h6-9H,5,10-12H2,1-4H3. The first kappa shape index (κ1) is 17.2. The Morgan fingerprint density at radius 1 is 1.10 bits per heavy atom. The van der Waals surface area contributed by atoms with Gasteiger partial charge < -0.3 is 9.47 Å². The maximum Gasteiger partial charge on any atom is 0.306 e. The zero-order valence-electron chi connectivity index (χ0n) is 13.3. The lowest BCUT2D eigenvalue weighted by Gasteiger charge is -2.22. The molecule has 0 unspecified atom stereocenters. The molecule has 4 heteroatoms. The average molecular weight is 292 g/mol. The number of carbonyl (C=O) groups excluding carboxylic acids is 2. The quantitative estimate of drug-likeness (QED) is 0.724. The summed E-state index contributed by atoms with van der Waals surface area (Å²) in [6.45, 7) is 8.34. The molecule has 21 heavy (non-hydrogen) atoms. The minimum absolute atomic E-state index is 0.0213. The van der Waals surface area contributed by atoms with Gasteiger partial charge in [-0.2, -0.15) is 0 Å². The van der Waals surface area contributed by atoms with Gasteiger partial charge in [-0.1, -0.05) is 39.0 Å². The topological polar surface area (TPSA) is 52.6 Å². The molecule has 0 heterocycles. The fraction of sp³-hybridized carbons (Fsp3) is 0.529. The van der Waals surface area contributed by atoms with Crippen molar-refractivity contribution in [3.63, 3.8) is 0 Å². The summed E-state index contributed by atoms with van der Waals surface area (Å²) in [5.74, 6) is 0.266. The van der Waals surface area contributed by atoms with Crippen molar-refractivity contribution in [2.45, 2.75) is 46.0 Å². The maximum absolute atomic E-state index is 11.8. The number of hydrogen-bond donors (Lipinski definition) is 0. The first-order valence-electron chi connectivity index (χ1n) is 7.24. The molecule has 1 aromatic carbocycles. The van der Waals surface area contributed by atoms with Gasteiger partial charge in [0.1, 0.15) is 12.4 Å².